The Bertz CT molecular complexity index is 565. The fraction of sp³-hybridized carbons (Fsp3) is 0.200. The van der Waals surface area contributed by atoms with Gasteiger partial charge < -0.3 is 15.2 Å². The molecule has 1 heterocycles. The van der Waals surface area contributed by atoms with Crippen LogP contribution in [0.15, 0.2) is 42.6 Å². The van der Waals surface area contributed by atoms with Gasteiger partial charge in [-0.25, -0.2) is 9.78 Å². The Labute approximate surface area is 117 Å². The van der Waals surface area contributed by atoms with E-state index in [1.807, 2.05) is 24.3 Å². The molecule has 1 aromatic heterocycles. The molecule has 0 aliphatic carbocycles. The maximum absolute atomic E-state index is 10.7. The second-order valence-electron chi connectivity index (χ2n) is 4.26. The van der Waals surface area contributed by atoms with Crippen molar-refractivity contribution < 1.29 is 14.6 Å². The second-order valence-corrected chi connectivity index (χ2v) is 4.26. The first-order valence-corrected chi connectivity index (χ1v) is 6.25. The summed E-state index contributed by atoms with van der Waals surface area (Å²) < 4.78 is 5.10. The van der Waals surface area contributed by atoms with Crippen molar-refractivity contribution in [3.8, 4) is 5.75 Å². The van der Waals surface area contributed by atoms with E-state index in [-0.39, 0.29) is 5.56 Å². The Hall–Kier alpha value is -2.56. The monoisotopic (exact) mass is 272 g/mol. The van der Waals surface area contributed by atoms with E-state index in [1.54, 1.807) is 13.2 Å². The molecule has 0 bridgehead atoms. The van der Waals surface area contributed by atoms with Crippen molar-refractivity contribution in [2.45, 2.75) is 6.42 Å². The van der Waals surface area contributed by atoms with E-state index in [0.717, 1.165) is 18.7 Å². The van der Waals surface area contributed by atoms with Gasteiger partial charge in [-0.05, 0) is 36.2 Å². The van der Waals surface area contributed by atoms with Crippen LogP contribution in [0.1, 0.15) is 15.9 Å². The minimum absolute atomic E-state index is 0.186. The van der Waals surface area contributed by atoms with Gasteiger partial charge in [-0.3, -0.25) is 0 Å². The van der Waals surface area contributed by atoms with Crippen LogP contribution in [0.5, 0.6) is 5.75 Å². The summed E-state index contributed by atoms with van der Waals surface area (Å²) in [5.41, 5.74) is 1.38. The van der Waals surface area contributed by atoms with Gasteiger partial charge in [-0.1, -0.05) is 12.1 Å². The van der Waals surface area contributed by atoms with Crippen molar-refractivity contribution in [1.82, 2.24) is 4.98 Å². The summed E-state index contributed by atoms with van der Waals surface area (Å²) in [6.45, 7) is 0.728. The van der Waals surface area contributed by atoms with Crippen molar-refractivity contribution in [3.05, 3.63) is 53.7 Å². The Morgan fingerprint density at radius 2 is 2.00 bits per heavy atom. The van der Waals surface area contributed by atoms with Gasteiger partial charge in [0.25, 0.3) is 0 Å². The molecule has 0 saturated carbocycles. The van der Waals surface area contributed by atoms with Crippen LogP contribution in [-0.4, -0.2) is 29.7 Å². The smallest absolute Gasteiger partial charge is 0.337 e. The predicted molar refractivity (Wildman–Crippen MR) is 76.4 cm³/mol. The highest BCUT2D eigenvalue weighted by Gasteiger charge is 2.02. The molecule has 20 heavy (non-hydrogen) atoms. The molecular weight excluding hydrogens is 256 g/mol. The number of carbonyl (C=O) groups is 1. The third-order valence-corrected chi connectivity index (χ3v) is 2.89. The molecule has 1 aromatic carbocycles. The Balaban J connectivity index is 1.84. The molecule has 104 valence electrons. The molecule has 0 saturated heterocycles. The standard InChI is InChI=1S/C15H16N2O3/c1-20-13-5-2-11(3-6-13)8-9-16-14-7-4-12(10-17-14)15(18)19/h2-7,10H,8-9H2,1H3,(H,16,17)(H,18,19). The van der Waals surface area contributed by atoms with Crippen LogP contribution in [0.2, 0.25) is 0 Å². The third-order valence-electron chi connectivity index (χ3n) is 2.89. The van der Waals surface area contributed by atoms with Crippen LogP contribution in [0.3, 0.4) is 0 Å². The molecule has 2 N–H and O–H groups in total. The predicted octanol–water partition coefficient (Wildman–Crippen LogP) is 2.44. The number of aromatic carboxylic acids is 1. The van der Waals surface area contributed by atoms with Crippen molar-refractivity contribution >= 4 is 11.8 Å². The second kappa shape index (κ2) is 6.56. The number of hydrogen-bond donors (Lipinski definition) is 2. The first-order valence-electron chi connectivity index (χ1n) is 6.25. The van der Waals surface area contributed by atoms with Crippen LogP contribution in [0.4, 0.5) is 5.82 Å². The first-order chi connectivity index (χ1) is 9.69. The first kappa shape index (κ1) is 13.9. The van der Waals surface area contributed by atoms with E-state index in [4.69, 9.17) is 9.84 Å². The van der Waals surface area contributed by atoms with Crippen LogP contribution in [-0.2, 0) is 6.42 Å². The summed E-state index contributed by atoms with van der Waals surface area (Å²) in [6, 6.07) is 11.1. The Morgan fingerprint density at radius 1 is 1.25 bits per heavy atom. The summed E-state index contributed by atoms with van der Waals surface area (Å²) >= 11 is 0. The third kappa shape index (κ3) is 3.71. The molecular formula is C15H16N2O3. The van der Waals surface area contributed by atoms with E-state index in [2.05, 4.69) is 10.3 Å². The van der Waals surface area contributed by atoms with Gasteiger partial charge in [0.1, 0.15) is 11.6 Å². The minimum Gasteiger partial charge on any atom is -0.497 e. The molecule has 0 atom stereocenters. The van der Waals surface area contributed by atoms with Crippen LogP contribution < -0.4 is 10.1 Å². The van der Waals surface area contributed by atoms with E-state index in [0.29, 0.717) is 5.82 Å². The molecule has 2 rings (SSSR count). The zero-order valence-corrected chi connectivity index (χ0v) is 11.2. The molecule has 0 unspecified atom stereocenters. The number of pyridine rings is 1. The molecule has 2 aromatic rings. The number of methoxy groups -OCH3 is 1. The molecule has 0 amide bonds. The number of rotatable bonds is 6. The number of carboxylic acid groups (broad SMARTS) is 1. The largest absolute Gasteiger partial charge is 0.497 e. The van der Waals surface area contributed by atoms with Crippen molar-refractivity contribution in [2.24, 2.45) is 0 Å². The van der Waals surface area contributed by atoms with E-state index in [9.17, 15) is 4.79 Å². The number of carboxylic acids is 1. The number of ether oxygens (including phenoxy) is 1. The molecule has 0 fully saturated rings. The zero-order valence-electron chi connectivity index (χ0n) is 11.2. The van der Waals surface area contributed by atoms with Crippen molar-refractivity contribution in [1.29, 1.82) is 0 Å². The van der Waals surface area contributed by atoms with E-state index >= 15 is 0 Å². The fourth-order valence-electron chi connectivity index (χ4n) is 1.75. The number of aromatic nitrogens is 1. The van der Waals surface area contributed by atoms with Gasteiger partial charge in [0.2, 0.25) is 0 Å². The summed E-state index contributed by atoms with van der Waals surface area (Å²) in [5.74, 6) is 0.540. The fourth-order valence-corrected chi connectivity index (χ4v) is 1.75. The molecule has 0 radical (unpaired) electrons. The maximum atomic E-state index is 10.7. The molecule has 0 aliphatic heterocycles. The lowest BCUT2D eigenvalue weighted by molar-refractivity contribution is 0.0696. The highest BCUT2D eigenvalue weighted by Crippen LogP contribution is 2.12. The van der Waals surface area contributed by atoms with Gasteiger partial charge in [-0.15, -0.1) is 0 Å². The van der Waals surface area contributed by atoms with Crippen LogP contribution in [0, 0.1) is 0 Å². The summed E-state index contributed by atoms with van der Waals surface area (Å²) in [5, 5.41) is 11.9. The lowest BCUT2D eigenvalue weighted by Gasteiger charge is -2.06. The average Bonchev–Trinajstić information content (AvgIpc) is 2.48. The van der Waals surface area contributed by atoms with Crippen LogP contribution >= 0.6 is 0 Å². The Kier molecular flexibility index (Phi) is 4.55. The van der Waals surface area contributed by atoms with E-state index in [1.165, 1.54) is 17.8 Å². The molecule has 0 spiro atoms. The van der Waals surface area contributed by atoms with Gasteiger partial charge in [0.05, 0.1) is 12.7 Å². The Morgan fingerprint density at radius 3 is 2.55 bits per heavy atom. The normalized spacial score (nSPS) is 10.1. The molecule has 5 nitrogen and oxygen atoms in total. The summed E-state index contributed by atoms with van der Waals surface area (Å²) in [6.07, 6.45) is 2.20. The van der Waals surface area contributed by atoms with Gasteiger partial charge in [0, 0.05) is 12.7 Å². The zero-order chi connectivity index (χ0) is 14.4. The van der Waals surface area contributed by atoms with Gasteiger partial charge >= 0.3 is 5.97 Å². The molecule has 5 heteroatoms. The molecule has 0 aliphatic rings. The number of anilines is 1. The topological polar surface area (TPSA) is 71.5 Å². The van der Waals surface area contributed by atoms with E-state index < -0.39 is 5.97 Å². The lowest BCUT2D eigenvalue weighted by atomic mass is 10.1. The average molecular weight is 272 g/mol. The van der Waals surface area contributed by atoms with Gasteiger partial charge in [-0.2, -0.15) is 0 Å². The summed E-state index contributed by atoms with van der Waals surface area (Å²) in [4.78, 5) is 14.7. The van der Waals surface area contributed by atoms with Crippen molar-refractivity contribution in [3.63, 3.8) is 0 Å². The van der Waals surface area contributed by atoms with Gasteiger partial charge in [0.15, 0.2) is 0 Å². The maximum Gasteiger partial charge on any atom is 0.337 e. The number of nitrogens with zero attached hydrogens (tertiary/aromatic N) is 1. The van der Waals surface area contributed by atoms with Crippen molar-refractivity contribution in [2.75, 3.05) is 19.0 Å². The number of nitrogens with one attached hydrogen (secondary N) is 1. The summed E-state index contributed by atoms with van der Waals surface area (Å²) in [7, 11) is 1.64. The SMILES string of the molecule is COc1ccc(CCNc2ccc(C(=O)O)cn2)cc1. The highest BCUT2D eigenvalue weighted by molar-refractivity contribution is 5.87. The highest BCUT2D eigenvalue weighted by atomic mass is 16.5. The number of benzene rings is 1. The minimum atomic E-state index is -0.970. The quantitative estimate of drug-likeness (QED) is 0.845. The lowest BCUT2D eigenvalue weighted by Crippen LogP contribution is -2.07. The number of hydrogen-bond acceptors (Lipinski definition) is 4. The van der Waals surface area contributed by atoms with Crippen LogP contribution in [0.25, 0.3) is 0 Å².